The van der Waals surface area contributed by atoms with E-state index in [-0.39, 0.29) is 43.1 Å². The maximum Gasteiger partial charge on any atom is 0.240 e. The molecule has 3 N–H and O–H groups in total. The lowest BCUT2D eigenvalue weighted by Gasteiger charge is -2.11. The number of imidazole rings is 1. The highest BCUT2D eigenvalue weighted by Crippen LogP contribution is 2.22. The Kier molecular flexibility index (Phi) is 8.26. The van der Waals surface area contributed by atoms with E-state index in [9.17, 15) is 19.1 Å². The normalized spacial score (nSPS) is 10.8. The first-order valence-corrected chi connectivity index (χ1v) is 11.1. The van der Waals surface area contributed by atoms with Crippen LogP contribution in [0.3, 0.4) is 0 Å². The Morgan fingerprint density at radius 2 is 1.94 bits per heavy atom. The number of aryl methyl sites for hydroxylation is 1. The molecule has 2 amide bonds. The Bertz CT molecular complexity index is 1110. The number of benzene rings is 2. The zero-order valence-electron chi connectivity index (χ0n) is 17.3. The molecule has 2 aromatic carbocycles. The molecule has 168 valence electrons. The lowest BCUT2D eigenvalue weighted by atomic mass is 10.2. The van der Waals surface area contributed by atoms with E-state index in [0.717, 1.165) is 22.9 Å². The van der Waals surface area contributed by atoms with Gasteiger partial charge in [0, 0.05) is 17.3 Å². The minimum atomic E-state index is -0.345. The number of hydrogen-bond acceptors (Lipinski definition) is 5. The van der Waals surface area contributed by atoms with Gasteiger partial charge in [0.2, 0.25) is 11.8 Å². The highest BCUT2D eigenvalue weighted by atomic mass is 35.5. The number of nitrogens with zero attached hydrogens (tertiary/aromatic N) is 2. The van der Waals surface area contributed by atoms with Gasteiger partial charge in [-0.2, -0.15) is 0 Å². The average Bonchev–Trinajstić information content (AvgIpc) is 3.16. The second-order valence-corrected chi connectivity index (χ2v) is 8.33. The van der Waals surface area contributed by atoms with Crippen molar-refractivity contribution in [2.24, 2.45) is 0 Å². The SMILES string of the molecule is Cc1ccc(NC(=O)CSc2ncc(CO)n2CC(=O)NCc2ccc(F)cc2)cc1Cl. The zero-order chi connectivity index (χ0) is 23.1. The molecule has 1 aromatic heterocycles. The number of halogens is 2. The second kappa shape index (κ2) is 11.1. The maximum atomic E-state index is 13.0. The van der Waals surface area contributed by atoms with Gasteiger partial charge in [-0.3, -0.25) is 9.59 Å². The Labute approximate surface area is 194 Å². The molecule has 10 heteroatoms. The number of rotatable bonds is 9. The van der Waals surface area contributed by atoms with E-state index in [1.807, 2.05) is 13.0 Å². The van der Waals surface area contributed by atoms with E-state index in [1.165, 1.54) is 18.3 Å². The number of nitrogens with one attached hydrogen (secondary N) is 2. The Morgan fingerprint density at radius 3 is 2.62 bits per heavy atom. The summed E-state index contributed by atoms with van der Waals surface area (Å²) < 4.78 is 14.5. The van der Waals surface area contributed by atoms with Crippen molar-refractivity contribution in [3.05, 3.63) is 76.3 Å². The van der Waals surface area contributed by atoms with Crippen molar-refractivity contribution >= 4 is 40.9 Å². The number of thioether (sulfide) groups is 1. The fraction of sp³-hybridized carbons (Fsp3) is 0.227. The van der Waals surface area contributed by atoms with Crippen molar-refractivity contribution in [1.29, 1.82) is 0 Å². The lowest BCUT2D eigenvalue weighted by molar-refractivity contribution is -0.122. The minimum Gasteiger partial charge on any atom is -0.390 e. The van der Waals surface area contributed by atoms with E-state index >= 15 is 0 Å². The van der Waals surface area contributed by atoms with Crippen molar-refractivity contribution in [3.63, 3.8) is 0 Å². The van der Waals surface area contributed by atoms with Gasteiger partial charge in [0.05, 0.1) is 24.3 Å². The maximum absolute atomic E-state index is 13.0. The summed E-state index contributed by atoms with van der Waals surface area (Å²) in [5.74, 6) is -0.842. The third-order valence-corrected chi connectivity index (χ3v) is 5.95. The summed E-state index contributed by atoms with van der Waals surface area (Å²) in [4.78, 5) is 28.9. The minimum absolute atomic E-state index is 0.0601. The van der Waals surface area contributed by atoms with Crippen LogP contribution in [0.1, 0.15) is 16.8 Å². The third-order valence-electron chi connectivity index (χ3n) is 4.56. The van der Waals surface area contributed by atoms with E-state index in [2.05, 4.69) is 15.6 Å². The topological polar surface area (TPSA) is 96.2 Å². The van der Waals surface area contributed by atoms with Crippen LogP contribution in [0, 0.1) is 12.7 Å². The molecule has 0 aliphatic heterocycles. The summed E-state index contributed by atoms with van der Waals surface area (Å²) in [5, 5.41) is 16.1. The van der Waals surface area contributed by atoms with E-state index < -0.39 is 0 Å². The standard InChI is InChI=1S/C22H22ClFN4O3S/c1-14-2-7-17(8-19(14)23)27-21(31)13-32-22-26-10-18(12-29)28(22)11-20(30)25-9-15-3-5-16(24)6-4-15/h2-8,10,29H,9,11-13H2,1H3,(H,25,30)(H,27,31). The Morgan fingerprint density at radius 1 is 1.19 bits per heavy atom. The number of carbonyl (C=O) groups is 2. The summed E-state index contributed by atoms with van der Waals surface area (Å²) in [6, 6.07) is 11.1. The van der Waals surface area contributed by atoms with Crippen molar-refractivity contribution in [1.82, 2.24) is 14.9 Å². The summed E-state index contributed by atoms with van der Waals surface area (Å²) in [6.07, 6.45) is 1.47. The number of aliphatic hydroxyl groups excluding tert-OH is 1. The number of aromatic nitrogens is 2. The van der Waals surface area contributed by atoms with Gasteiger partial charge in [-0.15, -0.1) is 0 Å². The van der Waals surface area contributed by atoms with Gasteiger partial charge in [-0.1, -0.05) is 41.6 Å². The number of aliphatic hydroxyl groups is 1. The van der Waals surface area contributed by atoms with Crippen LogP contribution in [-0.4, -0.2) is 32.2 Å². The number of amides is 2. The molecule has 0 aliphatic carbocycles. The molecule has 0 radical (unpaired) electrons. The molecule has 0 unspecified atom stereocenters. The Hall–Kier alpha value is -2.88. The van der Waals surface area contributed by atoms with Gasteiger partial charge >= 0.3 is 0 Å². The van der Waals surface area contributed by atoms with Gasteiger partial charge in [-0.05, 0) is 42.3 Å². The van der Waals surface area contributed by atoms with Crippen LogP contribution < -0.4 is 10.6 Å². The van der Waals surface area contributed by atoms with Gasteiger partial charge in [0.1, 0.15) is 12.4 Å². The van der Waals surface area contributed by atoms with Crippen molar-refractivity contribution in [2.75, 3.05) is 11.1 Å². The molecule has 0 spiro atoms. The molecule has 1 heterocycles. The fourth-order valence-corrected chi connectivity index (χ4v) is 3.78. The molecule has 0 fully saturated rings. The molecular formula is C22H22ClFN4O3S. The Balaban J connectivity index is 1.57. The monoisotopic (exact) mass is 476 g/mol. The van der Waals surface area contributed by atoms with E-state index in [4.69, 9.17) is 11.6 Å². The fourth-order valence-electron chi connectivity index (χ4n) is 2.80. The van der Waals surface area contributed by atoms with Crippen molar-refractivity contribution in [2.45, 2.75) is 31.8 Å². The number of anilines is 1. The molecule has 7 nitrogen and oxygen atoms in total. The average molecular weight is 477 g/mol. The smallest absolute Gasteiger partial charge is 0.240 e. The molecule has 3 rings (SSSR count). The van der Waals surface area contributed by atoms with Crippen LogP contribution in [0.5, 0.6) is 0 Å². The lowest BCUT2D eigenvalue weighted by Crippen LogP contribution is -2.28. The van der Waals surface area contributed by atoms with Crippen molar-refractivity contribution < 1.29 is 19.1 Å². The molecule has 32 heavy (non-hydrogen) atoms. The van der Waals surface area contributed by atoms with Crippen molar-refractivity contribution in [3.8, 4) is 0 Å². The first kappa shape index (κ1) is 23.8. The number of carbonyl (C=O) groups excluding carboxylic acids is 2. The van der Waals surface area contributed by atoms with Crippen LogP contribution >= 0.6 is 23.4 Å². The largest absolute Gasteiger partial charge is 0.390 e. The quantitative estimate of drug-likeness (QED) is 0.411. The summed E-state index contributed by atoms with van der Waals surface area (Å²) in [5.41, 5.74) is 2.71. The number of hydrogen-bond donors (Lipinski definition) is 3. The molecule has 0 aliphatic rings. The molecule has 3 aromatic rings. The molecule has 0 atom stereocenters. The molecule has 0 saturated heterocycles. The summed E-state index contributed by atoms with van der Waals surface area (Å²) in [6.45, 7) is 1.74. The first-order chi connectivity index (χ1) is 15.4. The highest BCUT2D eigenvalue weighted by molar-refractivity contribution is 7.99. The van der Waals surface area contributed by atoms with Crippen LogP contribution in [0.2, 0.25) is 5.02 Å². The first-order valence-electron chi connectivity index (χ1n) is 9.71. The predicted molar refractivity (Wildman–Crippen MR) is 122 cm³/mol. The van der Waals surface area contributed by atoms with Crippen LogP contribution in [0.25, 0.3) is 0 Å². The van der Waals surface area contributed by atoms with Gasteiger partial charge in [0.15, 0.2) is 5.16 Å². The third kappa shape index (κ3) is 6.56. The van der Waals surface area contributed by atoms with Crippen LogP contribution in [0.4, 0.5) is 10.1 Å². The zero-order valence-corrected chi connectivity index (χ0v) is 18.8. The second-order valence-electron chi connectivity index (χ2n) is 6.98. The highest BCUT2D eigenvalue weighted by Gasteiger charge is 2.15. The van der Waals surface area contributed by atoms with Crippen LogP contribution in [-0.2, 0) is 29.3 Å². The van der Waals surface area contributed by atoms with E-state index in [1.54, 1.807) is 28.8 Å². The predicted octanol–water partition coefficient (Wildman–Crippen LogP) is 3.52. The molecular weight excluding hydrogens is 455 g/mol. The van der Waals surface area contributed by atoms with E-state index in [0.29, 0.717) is 21.6 Å². The summed E-state index contributed by atoms with van der Waals surface area (Å²) in [7, 11) is 0. The summed E-state index contributed by atoms with van der Waals surface area (Å²) >= 11 is 7.23. The molecule has 0 bridgehead atoms. The molecule has 0 saturated carbocycles. The van der Waals surface area contributed by atoms with Gasteiger partial charge < -0.3 is 20.3 Å². The van der Waals surface area contributed by atoms with Gasteiger partial charge in [-0.25, -0.2) is 9.37 Å². The van der Waals surface area contributed by atoms with Crippen LogP contribution in [0.15, 0.2) is 53.8 Å². The van der Waals surface area contributed by atoms with Gasteiger partial charge in [0.25, 0.3) is 0 Å².